The van der Waals surface area contributed by atoms with Crippen LogP contribution in [-0.4, -0.2) is 34.9 Å². The SMILES string of the molecule is CCCCCCCC/C=C/CC/C=C/C(O)C(CO)NC(=O)CCC. The maximum atomic E-state index is 11.5. The largest absolute Gasteiger partial charge is 0.394 e. The van der Waals surface area contributed by atoms with Crippen molar-refractivity contribution in [1.29, 1.82) is 0 Å². The lowest BCUT2D eigenvalue weighted by Gasteiger charge is -2.19. The van der Waals surface area contributed by atoms with Gasteiger partial charge < -0.3 is 15.5 Å². The summed E-state index contributed by atoms with van der Waals surface area (Å²) < 4.78 is 0. The molecule has 0 fully saturated rings. The van der Waals surface area contributed by atoms with Crippen LogP contribution in [0.3, 0.4) is 0 Å². The third-order valence-electron chi connectivity index (χ3n) is 4.16. The van der Waals surface area contributed by atoms with Crippen molar-refractivity contribution in [1.82, 2.24) is 5.32 Å². The van der Waals surface area contributed by atoms with Gasteiger partial charge in [-0.25, -0.2) is 0 Å². The van der Waals surface area contributed by atoms with Crippen LogP contribution in [0.25, 0.3) is 0 Å². The van der Waals surface area contributed by atoms with Crippen molar-refractivity contribution in [3.63, 3.8) is 0 Å². The molecular formula is C21H39NO3. The number of aliphatic hydroxyl groups is 2. The third kappa shape index (κ3) is 14.9. The van der Waals surface area contributed by atoms with Gasteiger partial charge in [0.05, 0.1) is 18.8 Å². The van der Waals surface area contributed by atoms with Gasteiger partial charge in [-0.2, -0.15) is 0 Å². The Morgan fingerprint density at radius 3 is 2.24 bits per heavy atom. The van der Waals surface area contributed by atoms with Crippen molar-refractivity contribution in [2.75, 3.05) is 6.61 Å². The average molecular weight is 354 g/mol. The summed E-state index contributed by atoms with van der Waals surface area (Å²) in [6.45, 7) is 3.89. The van der Waals surface area contributed by atoms with Crippen LogP contribution >= 0.6 is 0 Å². The molecular weight excluding hydrogens is 314 g/mol. The molecule has 0 aliphatic carbocycles. The summed E-state index contributed by atoms with van der Waals surface area (Å²) in [6, 6.07) is -0.626. The minimum Gasteiger partial charge on any atom is -0.394 e. The predicted octanol–water partition coefficient (Wildman–Crippen LogP) is 4.27. The molecule has 0 bridgehead atoms. The number of unbranched alkanes of at least 4 members (excludes halogenated alkanes) is 7. The molecule has 0 saturated carbocycles. The molecule has 4 nitrogen and oxygen atoms in total. The normalized spacial score (nSPS) is 14.2. The van der Waals surface area contributed by atoms with E-state index in [-0.39, 0.29) is 12.5 Å². The van der Waals surface area contributed by atoms with E-state index < -0.39 is 12.1 Å². The molecule has 0 aliphatic heterocycles. The molecule has 4 heteroatoms. The maximum Gasteiger partial charge on any atom is 0.220 e. The van der Waals surface area contributed by atoms with E-state index in [1.165, 1.54) is 38.5 Å². The summed E-state index contributed by atoms with van der Waals surface area (Å²) in [5, 5.41) is 21.9. The Labute approximate surface area is 154 Å². The van der Waals surface area contributed by atoms with E-state index in [2.05, 4.69) is 24.4 Å². The molecule has 25 heavy (non-hydrogen) atoms. The monoisotopic (exact) mass is 353 g/mol. The topological polar surface area (TPSA) is 69.6 Å². The van der Waals surface area contributed by atoms with Crippen molar-refractivity contribution in [3.8, 4) is 0 Å². The van der Waals surface area contributed by atoms with E-state index in [4.69, 9.17) is 0 Å². The summed E-state index contributed by atoms with van der Waals surface area (Å²) in [5.74, 6) is -0.133. The first-order chi connectivity index (χ1) is 12.2. The second-order valence-electron chi connectivity index (χ2n) is 6.63. The number of carbonyl (C=O) groups excluding carboxylic acids is 1. The van der Waals surface area contributed by atoms with Crippen LogP contribution in [-0.2, 0) is 4.79 Å². The Kier molecular flexibility index (Phi) is 16.9. The van der Waals surface area contributed by atoms with Gasteiger partial charge in [0.1, 0.15) is 0 Å². The third-order valence-corrected chi connectivity index (χ3v) is 4.16. The zero-order valence-electron chi connectivity index (χ0n) is 16.3. The van der Waals surface area contributed by atoms with Crippen molar-refractivity contribution in [3.05, 3.63) is 24.3 Å². The van der Waals surface area contributed by atoms with E-state index in [1.807, 2.05) is 13.0 Å². The van der Waals surface area contributed by atoms with Gasteiger partial charge in [0.2, 0.25) is 5.91 Å². The van der Waals surface area contributed by atoms with Crippen molar-refractivity contribution in [2.45, 2.75) is 96.6 Å². The first kappa shape index (κ1) is 23.9. The molecule has 0 saturated heterocycles. The summed E-state index contributed by atoms with van der Waals surface area (Å²) in [5.41, 5.74) is 0. The van der Waals surface area contributed by atoms with Gasteiger partial charge in [0, 0.05) is 6.42 Å². The highest BCUT2D eigenvalue weighted by atomic mass is 16.3. The molecule has 0 radical (unpaired) electrons. The van der Waals surface area contributed by atoms with E-state index in [9.17, 15) is 15.0 Å². The van der Waals surface area contributed by atoms with Crippen molar-refractivity contribution >= 4 is 5.91 Å². The van der Waals surface area contributed by atoms with Crippen LogP contribution in [0.5, 0.6) is 0 Å². The molecule has 146 valence electrons. The van der Waals surface area contributed by atoms with E-state index >= 15 is 0 Å². The number of hydrogen-bond donors (Lipinski definition) is 3. The zero-order valence-corrected chi connectivity index (χ0v) is 16.3. The van der Waals surface area contributed by atoms with Gasteiger partial charge in [-0.15, -0.1) is 0 Å². The Balaban J connectivity index is 3.76. The maximum absolute atomic E-state index is 11.5. The number of hydrogen-bond acceptors (Lipinski definition) is 3. The minimum atomic E-state index is -0.849. The fraction of sp³-hybridized carbons (Fsp3) is 0.762. The van der Waals surface area contributed by atoms with Crippen molar-refractivity contribution in [2.24, 2.45) is 0 Å². The lowest BCUT2D eigenvalue weighted by molar-refractivity contribution is -0.122. The van der Waals surface area contributed by atoms with Crippen LogP contribution < -0.4 is 5.32 Å². The van der Waals surface area contributed by atoms with Gasteiger partial charge in [0.15, 0.2) is 0 Å². The summed E-state index contributed by atoms with van der Waals surface area (Å²) in [6.07, 6.45) is 19.2. The fourth-order valence-corrected chi connectivity index (χ4v) is 2.59. The Bertz CT molecular complexity index is 366. The lowest BCUT2D eigenvalue weighted by atomic mass is 10.1. The Hall–Kier alpha value is -1.13. The van der Waals surface area contributed by atoms with Crippen molar-refractivity contribution < 1.29 is 15.0 Å². The second kappa shape index (κ2) is 17.7. The Morgan fingerprint density at radius 2 is 1.56 bits per heavy atom. The van der Waals surface area contributed by atoms with Gasteiger partial charge in [-0.3, -0.25) is 4.79 Å². The summed E-state index contributed by atoms with van der Waals surface area (Å²) in [7, 11) is 0. The minimum absolute atomic E-state index is 0.133. The van der Waals surface area contributed by atoms with Crippen LogP contribution in [0.1, 0.15) is 84.5 Å². The molecule has 0 aromatic rings. The highest BCUT2D eigenvalue weighted by molar-refractivity contribution is 5.76. The van der Waals surface area contributed by atoms with Crippen LogP contribution in [0.4, 0.5) is 0 Å². The van der Waals surface area contributed by atoms with Crippen LogP contribution in [0.2, 0.25) is 0 Å². The van der Waals surface area contributed by atoms with Crippen LogP contribution in [0, 0.1) is 0 Å². The second-order valence-corrected chi connectivity index (χ2v) is 6.63. The highest BCUT2D eigenvalue weighted by Gasteiger charge is 2.17. The summed E-state index contributed by atoms with van der Waals surface area (Å²) >= 11 is 0. The smallest absolute Gasteiger partial charge is 0.220 e. The zero-order chi connectivity index (χ0) is 18.8. The summed E-state index contributed by atoms with van der Waals surface area (Å²) in [4.78, 5) is 11.5. The number of aliphatic hydroxyl groups excluding tert-OH is 2. The lowest BCUT2D eigenvalue weighted by Crippen LogP contribution is -2.45. The highest BCUT2D eigenvalue weighted by Crippen LogP contribution is 2.07. The van der Waals surface area contributed by atoms with E-state index in [1.54, 1.807) is 6.08 Å². The molecule has 0 aromatic carbocycles. The first-order valence-corrected chi connectivity index (χ1v) is 10.1. The number of carbonyl (C=O) groups is 1. The molecule has 0 spiro atoms. The number of amides is 1. The fourth-order valence-electron chi connectivity index (χ4n) is 2.59. The molecule has 3 N–H and O–H groups in total. The van der Waals surface area contributed by atoms with E-state index in [0.29, 0.717) is 6.42 Å². The molecule has 0 aliphatic rings. The number of rotatable bonds is 16. The Morgan fingerprint density at radius 1 is 0.920 bits per heavy atom. The molecule has 2 atom stereocenters. The quantitative estimate of drug-likeness (QED) is 0.287. The average Bonchev–Trinajstić information content (AvgIpc) is 2.60. The van der Waals surface area contributed by atoms with Gasteiger partial charge >= 0.3 is 0 Å². The molecule has 0 heterocycles. The molecule has 0 aromatic heterocycles. The molecule has 1 amide bonds. The van der Waals surface area contributed by atoms with Crippen LogP contribution in [0.15, 0.2) is 24.3 Å². The standard InChI is InChI=1S/C21H39NO3/c1-3-5-6-7-8-9-10-11-12-13-14-15-17-20(24)19(18-23)22-21(25)16-4-2/h11-12,15,17,19-20,23-24H,3-10,13-14,16,18H2,1-2H3,(H,22,25)/b12-11+,17-15+. The number of nitrogens with one attached hydrogen (secondary N) is 1. The first-order valence-electron chi connectivity index (χ1n) is 10.1. The molecule has 0 rings (SSSR count). The van der Waals surface area contributed by atoms with Gasteiger partial charge in [-0.05, 0) is 32.1 Å². The molecule has 2 unspecified atom stereocenters. The van der Waals surface area contributed by atoms with Gasteiger partial charge in [-0.1, -0.05) is 70.3 Å². The predicted molar refractivity (Wildman–Crippen MR) is 105 cm³/mol. The van der Waals surface area contributed by atoms with Gasteiger partial charge in [0.25, 0.3) is 0 Å². The number of allylic oxidation sites excluding steroid dienone is 3. The van der Waals surface area contributed by atoms with E-state index in [0.717, 1.165) is 25.7 Å².